The number of anilines is 1. The first-order valence-electron chi connectivity index (χ1n) is 7.41. The van der Waals surface area contributed by atoms with Gasteiger partial charge in [-0.1, -0.05) is 0 Å². The van der Waals surface area contributed by atoms with Crippen LogP contribution in [0.2, 0.25) is 0 Å². The van der Waals surface area contributed by atoms with E-state index < -0.39 is 0 Å². The highest BCUT2D eigenvalue weighted by Crippen LogP contribution is 2.23. The van der Waals surface area contributed by atoms with E-state index in [0.717, 1.165) is 18.2 Å². The molecule has 0 unspecified atom stereocenters. The summed E-state index contributed by atoms with van der Waals surface area (Å²) >= 11 is 0. The number of aromatic nitrogens is 2. The molecule has 4 nitrogen and oxygen atoms in total. The van der Waals surface area contributed by atoms with E-state index in [1.165, 1.54) is 31.4 Å². The van der Waals surface area contributed by atoms with E-state index in [-0.39, 0.29) is 0 Å². The molecule has 2 aromatic rings. The summed E-state index contributed by atoms with van der Waals surface area (Å²) in [5, 5.41) is 7.76. The van der Waals surface area contributed by atoms with Crippen LogP contribution in [0, 0.1) is 5.92 Å². The zero-order valence-electron chi connectivity index (χ0n) is 11.7. The van der Waals surface area contributed by atoms with Crippen LogP contribution in [-0.2, 0) is 0 Å². The fraction of sp³-hybridized carbons (Fsp3) is 0.438. The smallest absolute Gasteiger partial charge is 0.0647 e. The van der Waals surface area contributed by atoms with Crippen molar-refractivity contribution < 1.29 is 0 Å². The zero-order chi connectivity index (χ0) is 13.8. The van der Waals surface area contributed by atoms with Crippen LogP contribution in [0.3, 0.4) is 0 Å². The number of nitrogens with one attached hydrogen (secondary N) is 1. The van der Waals surface area contributed by atoms with Gasteiger partial charge in [0.05, 0.1) is 5.69 Å². The molecule has 3 N–H and O–H groups in total. The van der Waals surface area contributed by atoms with Gasteiger partial charge in [-0.05, 0) is 61.9 Å². The van der Waals surface area contributed by atoms with E-state index in [2.05, 4.69) is 34.7 Å². The minimum atomic E-state index is 0.430. The van der Waals surface area contributed by atoms with E-state index in [1.807, 2.05) is 16.9 Å². The summed E-state index contributed by atoms with van der Waals surface area (Å²) in [6.07, 6.45) is 8.59. The van der Waals surface area contributed by atoms with Gasteiger partial charge >= 0.3 is 0 Å². The first kappa shape index (κ1) is 13.2. The van der Waals surface area contributed by atoms with Gasteiger partial charge in [-0.3, -0.25) is 0 Å². The molecule has 0 amide bonds. The summed E-state index contributed by atoms with van der Waals surface area (Å²) in [6.45, 7) is 1.05. The Morgan fingerprint density at radius 2 is 1.90 bits per heavy atom. The van der Waals surface area contributed by atoms with Crippen LogP contribution in [0.15, 0.2) is 42.7 Å². The van der Waals surface area contributed by atoms with Gasteiger partial charge in [0.2, 0.25) is 0 Å². The first-order valence-corrected chi connectivity index (χ1v) is 7.41. The molecule has 1 aromatic heterocycles. The van der Waals surface area contributed by atoms with E-state index in [0.29, 0.717) is 6.04 Å². The van der Waals surface area contributed by atoms with Crippen molar-refractivity contribution in [2.24, 2.45) is 11.7 Å². The normalized spacial score (nSPS) is 22.6. The van der Waals surface area contributed by atoms with Gasteiger partial charge in [0, 0.05) is 30.7 Å². The second kappa shape index (κ2) is 6.09. The van der Waals surface area contributed by atoms with Crippen molar-refractivity contribution >= 4 is 5.69 Å². The molecule has 0 aliphatic heterocycles. The molecule has 0 bridgehead atoms. The lowest BCUT2D eigenvalue weighted by Crippen LogP contribution is -2.29. The Kier molecular flexibility index (Phi) is 4.02. The van der Waals surface area contributed by atoms with E-state index >= 15 is 0 Å². The molecule has 4 heteroatoms. The Morgan fingerprint density at radius 1 is 1.15 bits per heavy atom. The lowest BCUT2D eigenvalue weighted by atomic mass is 9.86. The summed E-state index contributed by atoms with van der Waals surface area (Å²) in [7, 11) is 0. The fourth-order valence-corrected chi connectivity index (χ4v) is 2.81. The van der Waals surface area contributed by atoms with Gasteiger partial charge in [0.1, 0.15) is 0 Å². The average molecular weight is 270 g/mol. The largest absolute Gasteiger partial charge is 0.385 e. The molecular formula is C16H22N4. The van der Waals surface area contributed by atoms with Crippen molar-refractivity contribution in [3.05, 3.63) is 42.7 Å². The van der Waals surface area contributed by atoms with Gasteiger partial charge < -0.3 is 11.1 Å². The van der Waals surface area contributed by atoms with Crippen LogP contribution in [-0.4, -0.2) is 22.4 Å². The monoisotopic (exact) mass is 270 g/mol. The number of rotatable bonds is 4. The minimum Gasteiger partial charge on any atom is -0.385 e. The van der Waals surface area contributed by atoms with E-state index in [1.54, 1.807) is 6.20 Å². The highest BCUT2D eigenvalue weighted by atomic mass is 15.3. The number of nitrogens with zero attached hydrogens (tertiary/aromatic N) is 2. The molecule has 0 radical (unpaired) electrons. The van der Waals surface area contributed by atoms with Gasteiger partial charge in [-0.15, -0.1) is 0 Å². The third kappa shape index (κ3) is 3.20. The fourth-order valence-electron chi connectivity index (χ4n) is 2.81. The molecular weight excluding hydrogens is 248 g/mol. The Balaban J connectivity index is 1.53. The van der Waals surface area contributed by atoms with Crippen molar-refractivity contribution in [1.82, 2.24) is 9.78 Å². The molecule has 1 fully saturated rings. The molecule has 20 heavy (non-hydrogen) atoms. The van der Waals surface area contributed by atoms with Gasteiger partial charge in [-0.25, -0.2) is 4.68 Å². The summed E-state index contributed by atoms with van der Waals surface area (Å²) < 4.78 is 1.87. The first-order chi connectivity index (χ1) is 9.81. The second-order valence-electron chi connectivity index (χ2n) is 5.66. The average Bonchev–Trinajstić information content (AvgIpc) is 3.01. The molecule has 1 aliphatic rings. The van der Waals surface area contributed by atoms with Crippen molar-refractivity contribution in [2.75, 3.05) is 11.9 Å². The Hall–Kier alpha value is -1.81. The summed E-state index contributed by atoms with van der Waals surface area (Å²) in [6, 6.07) is 10.8. The zero-order valence-corrected chi connectivity index (χ0v) is 11.7. The predicted octanol–water partition coefficient (Wildman–Crippen LogP) is 2.80. The molecule has 0 atom stereocenters. The quantitative estimate of drug-likeness (QED) is 0.898. The topological polar surface area (TPSA) is 55.9 Å². The second-order valence-corrected chi connectivity index (χ2v) is 5.66. The van der Waals surface area contributed by atoms with Crippen LogP contribution in [0.5, 0.6) is 0 Å². The molecule has 1 saturated carbocycles. The van der Waals surface area contributed by atoms with Gasteiger partial charge in [0.15, 0.2) is 0 Å². The molecule has 1 heterocycles. The van der Waals surface area contributed by atoms with Crippen LogP contribution in [0.4, 0.5) is 5.69 Å². The van der Waals surface area contributed by atoms with Crippen LogP contribution < -0.4 is 11.1 Å². The Morgan fingerprint density at radius 3 is 2.55 bits per heavy atom. The molecule has 0 spiro atoms. The minimum absolute atomic E-state index is 0.430. The third-order valence-corrected chi connectivity index (χ3v) is 4.12. The van der Waals surface area contributed by atoms with Crippen LogP contribution in [0.1, 0.15) is 25.7 Å². The number of hydrogen-bond acceptors (Lipinski definition) is 3. The highest BCUT2D eigenvalue weighted by molar-refractivity contribution is 5.48. The Bertz CT molecular complexity index is 510. The van der Waals surface area contributed by atoms with E-state index in [4.69, 9.17) is 5.73 Å². The SMILES string of the molecule is N[C@H]1CC[C@H](CNc2ccc(-n3cccn3)cc2)CC1. The van der Waals surface area contributed by atoms with Crippen molar-refractivity contribution in [2.45, 2.75) is 31.7 Å². The van der Waals surface area contributed by atoms with Crippen LogP contribution in [0.25, 0.3) is 5.69 Å². The molecule has 1 aliphatic carbocycles. The van der Waals surface area contributed by atoms with Crippen molar-refractivity contribution in [3.63, 3.8) is 0 Å². The molecule has 106 valence electrons. The number of hydrogen-bond donors (Lipinski definition) is 2. The summed E-state index contributed by atoms with van der Waals surface area (Å²) in [4.78, 5) is 0. The van der Waals surface area contributed by atoms with Gasteiger partial charge in [0.25, 0.3) is 0 Å². The van der Waals surface area contributed by atoms with Crippen molar-refractivity contribution in [1.29, 1.82) is 0 Å². The molecule has 0 saturated heterocycles. The maximum atomic E-state index is 5.94. The standard InChI is InChI=1S/C16H22N4/c17-14-4-2-13(3-5-14)12-18-15-6-8-16(9-7-15)20-11-1-10-19-20/h1,6-11,13-14,18H,2-5,12,17H2/t13-,14-. The predicted molar refractivity (Wildman–Crippen MR) is 82.0 cm³/mol. The molecule has 1 aromatic carbocycles. The number of benzene rings is 1. The van der Waals surface area contributed by atoms with Crippen molar-refractivity contribution in [3.8, 4) is 5.69 Å². The van der Waals surface area contributed by atoms with Crippen LogP contribution >= 0.6 is 0 Å². The van der Waals surface area contributed by atoms with Gasteiger partial charge in [-0.2, -0.15) is 5.10 Å². The lowest BCUT2D eigenvalue weighted by molar-refractivity contribution is 0.339. The highest BCUT2D eigenvalue weighted by Gasteiger charge is 2.17. The lowest BCUT2D eigenvalue weighted by Gasteiger charge is -2.26. The number of nitrogens with two attached hydrogens (primary N) is 1. The third-order valence-electron chi connectivity index (χ3n) is 4.12. The summed E-state index contributed by atoms with van der Waals surface area (Å²) in [5.41, 5.74) is 8.20. The Labute approximate surface area is 120 Å². The summed E-state index contributed by atoms with van der Waals surface area (Å²) in [5.74, 6) is 0.764. The molecule has 3 rings (SSSR count). The maximum absolute atomic E-state index is 5.94. The maximum Gasteiger partial charge on any atom is 0.0647 e. The van der Waals surface area contributed by atoms with E-state index in [9.17, 15) is 0 Å².